The van der Waals surface area contributed by atoms with Gasteiger partial charge < -0.3 is 15.6 Å². The van der Waals surface area contributed by atoms with Crippen LogP contribution in [0.15, 0.2) is 36.4 Å². The van der Waals surface area contributed by atoms with Gasteiger partial charge in [0.15, 0.2) is 0 Å². The van der Waals surface area contributed by atoms with Gasteiger partial charge in [0, 0.05) is 24.3 Å². The first-order chi connectivity index (χ1) is 12.2. The van der Waals surface area contributed by atoms with Crippen LogP contribution >= 0.6 is 0 Å². The fourth-order valence-electron chi connectivity index (χ4n) is 3.01. The van der Waals surface area contributed by atoms with Gasteiger partial charge in [-0.25, -0.2) is 4.98 Å². The molecule has 4 rings (SSSR count). The summed E-state index contributed by atoms with van der Waals surface area (Å²) in [4.78, 5) is 20.1. The molecule has 0 radical (unpaired) electrons. The van der Waals surface area contributed by atoms with Gasteiger partial charge in [-0.2, -0.15) is 5.10 Å². The van der Waals surface area contributed by atoms with Crippen molar-refractivity contribution in [1.29, 1.82) is 0 Å². The van der Waals surface area contributed by atoms with Gasteiger partial charge in [-0.1, -0.05) is 30.3 Å². The monoisotopic (exact) mass is 336 g/mol. The number of benzene rings is 1. The minimum Gasteiger partial charge on any atom is -0.345 e. The number of aryl methyl sites for hydroxylation is 1. The molecule has 3 aromatic rings. The van der Waals surface area contributed by atoms with E-state index in [0.29, 0.717) is 18.1 Å². The Hall–Kier alpha value is -2.93. The maximum absolute atomic E-state index is 12.5. The lowest BCUT2D eigenvalue weighted by Crippen LogP contribution is -2.28. The Morgan fingerprint density at radius 3 is 2.96 bits per heavy atom. The van der Waals surface area contributed by atoms with Crippen molar-refractivity contribution in [3.63, 3.8) is 0 Å². The zero-order valence-electron chi connectivity index (χ0n) is 14.0. The summed E-state index contributed by atoms with van der Waals surface area (Å²) < 4.78 is 1.99. The highest BCUT2D eigenvalue weighted by atomic mass is 16.1. The number of aromatic amines is 1. The Morgan fingerprint density at radius 2 is 2.16 bits per heavy atom. The number of rotatable bonds is 4. The van der Waals surface area contributed by atoms with Crippen LogP contribution in [-0.4, -0.2) is 32.2 Å². The van der Waals surface area contributed by atoms with Crippen molar-refractivity contribution >= 4 is 5.91 Å². The normalized spacial score (nSPS) is 13.5. The van der Waals surface area contributed by atoms with Crippen LogP contribution in [0.3, 0.4) is 0 Å². The van der Waals surface area contributed by atoms with Crippen molar-refractivity contribution in [3.8, 4) is 11.4 Å². The number of aromatic nitrogens is 4. The van der Waals surface area contributed by atoms with Gasteiger partial charge in [-0.3, -0.25) is 9.48 Å². The van der Waals surface area contributed by atoms with Crippen LogP contribution < -0.4 is 10.6 Å². The molecule has 3 N–H and O–H groups in total. The van der Waals surface area contributed by atoms with Crippen molar-refractivity contribution in [2.75, 3.05) is 6.54 Å². The second-order valence-electron chi connectivity index (χ2n) is 6.13. The predicted octanol–water partition coefficient (Wildman–Crippen LogP) is 1.61. The number of nitrogens with one attached hydrogen (secondary N) is 3. The van der Waals surface area contributed by atoms with Crippen molar-refractivity contribution in [1.82, 2.24) is 30.4 Å². The highest BCUT2D eigenvalue weighted by Gasteiger charge is 2.17. The van der Waals surface area contributed by atoms with Crippen LogP contribution in [0, 0.1) is 6.92 Å². The van der Waals surface area contributed by atoms with E-state index in [-0.39, 0.29) is 5.91 Å². The van der Waals surface area contributed by atoms with E-state index in [0.717, 1.165) is 42.3 Å². The van der Waals surface area contributed by atoms with E-state index in [4.69, 9.17) is 0 Å². The van der Waals surface area contributed by atoms with Gasteiger partial charge in [-0.15, -0.1) is 0 Å². The molecule has 0 bridgehead atoms. The summed E-state index contributed by atoms with van der Waals surface area (Å²) in [6.07, 6.45) is 0. The third kappa shape index (κ3) is 3.18. The number of carbonyl (C=O) groups is 1. The summed E-state index contributed by atoms with van der Waals surface area (Å²) in [6, 6.07) is 11.8. The van der Waals surface area contributed by atoms with E-state index in [1.807, 2.05) is 48.0 Å². The summed E-state index contributed by atoms with van der Waals surface area (Å²) in [5.41, 5.74) is 4.15. The smallest absolute Gasteiger partial charge is 0.272 e. The Balaban J connectivity index is 1.46. The number of hydrogen-bond acceptors (Lipinski definition) is 4. The minimum atomic E-state index is -0.194. The molecule has 128 valence electrons. The van der Waals surface area contributed by atoms with Crippen LogP contribution in [-0.2, 0) is 19.6 Å². The zero-order valence-corrected chi connectivity index (χ0v) is 14.0. The first-order valence-corrected chi connectivity index (χ1v) is 8.37. The van der Waals surface area contributed by atoms with Gasteiger partial charge in [-0.05, 0) is 13.0 Å². The van der Waals surface area contributed by atoms with E-state index in [9.17, 15) is 4.79 Å². The van der Waals surface area contributed by atoms with E-state index >= 15 is 0 Å². The third-order valence-corrected chi connectivity index (χ3v) is 4.30. The Labute approximate surface area is 145 Å². The lowest BCUT2D eigenvalue weighted by atomic mass is 10.2. The van der Waals surface area contributed by atoms with E-state index in [2.05, 4.69) is 25.7 Å². The standard InChI is InChI=1S/C18H20N6O/c1-12-16(22-17(21-12)13-5-3-2-4-6-13)18(25)20-10-14-9-15-11-19-7-8-24(15)23-14/h2-6,9,19H,7-8,10-11H2,1H3,(H,20,25)(H,21,22). The van der Waals surface area contributed by atoms with E-state index < -0.39 is 0 Å². The predicted molar refractivity (Wildman–Crippen MR) is 93.9 cm³/mol. The number of amides is 1. The minimum absolute atomic E-state index is 0.194. The molecule has 0 atom stereocenters. The second-order valence-corrected chi connectivity index (χ2v) is 6.13. The molecular formula is C18H20N6O. The molecule has 3 heterocycles. The maximum Gasteiger partial charge on any atom is 0.272 e. The molecule has 0 spiro atoms. The van der Waals surface area contributed by atoms with Gasteiger partial charge in [0.2, 0.25) is 0 Å². The molecule has 0 aliphatic carbocycles. The van der Waals surface area contributed by atoms with Crippen LogP contribution in [0.4, 0.5) is 0 Å². The number of carbonyl (C=O) groups excluding carboxylic acids is 1. The highest BCUT2D eigenvalue weighted by Crippen LogP contribution is 2.17. The maximum atomic E-state index is 12.5. The van der Waals surface area contributed by atoms with Crippen molar-refractivity contribution in [2.45, 2.75) is 26.6 Å². The lowest BCUT2D eigenvalue weighted by molar-refractivity contribution is 0.0945. The summed E-state index contributed by atoms with van der Waals surface area (Å²) in [5, 5.41) is 10.7. The quantitative estimate of drug-likeness (QED) is 0.675. The summed E-state index contributed by atoms with van der Waals surface area (Å²) >= 11 is 0. The fourth-order valence-corrected chi connectivity index (χ4v) is 3.01. The molecule has 0 saturated heterocycles. The van der Waals surface area contributed by atoms with Crippen molar-refractivity contribution in [3.05, 3.63) is 59.2 Å². The molecule has 0 saturated carbocycles. The van der Waals surface area contributed by atoms with Gasteiger partial charge in [0.1, 0.15) is 11.5 Å². The zero-order chi connectivity index (χ0) is 17.2. The van der Waals surface area contributed by atoms with Gasteiger partial charge >= 0.3 is 0 Å². The van der Waals surface area contributed by atoms with Gasteiger partial charge in [0.25, 0.3) is 5.91 Å². The summed E-state index contributed by atoms with van der Waals surface area (Å²) in [7, 11) is 0. The molecule has 1 aromatic carbocycles. The van der Waals surface area contributed by atoms with Crippen molar-refractivity contribution < 1.29 is 4.79 Å². The fraction of sp³-hybridized carbons (Fsp3) is 0.278. The molecule has 2 aromatic heterocycles. The van der Waals surface area contributed by atoms with Gasteiger partial charge in [0.05, 0.1) is 24.5 Å². The molecule has 0 unspecified atom stereocenters. The van der Waals surface area contributed by atoms with Crippen LogP contribution in [0.25, 0.3) is 11.4 Å². The average Bonchev–Trinajstić information content (AvgIpc) is 3.23. The molecule has 7 heteroatoms. The second kappa shape index (κ2) is 6.52. The average molecular weight is 336 g/mol. The first-order valence-electron chi connectivity index (χ1n) is 8.37. The van der Waals surface area contributed by atoms with E-state index in [1.165, 1.54) is 0 Å². The summed E-state index contributed by atoms with van der Waals surface area (Å²) in [6.45, 7) is 4.86. The number of H-pyrrole nitrogens is 1. The van der Waals surface area contributed by atoms with Crippen molar-refractivity contribution in [2.24, 2.45) is 0 Å². The number of fused-ring (bicyclic) bond motifs is 1. The number of hydrogen-bond donors (Lipinski definition) is 3. The van der Waals surface area contributed by atoms with Crippen LogP contribution in [0.1, 0.15) is 27.6 Å². The Bertz CT molecular complexity index is 872. The molecule has 7 nitrogen and oxygen atoms in total. The Kier molecular flexibility index (Phi) is 4.07. The van der Waals surface area contributed by atoms with Crippen LogP contribution in [0.2, 0.25) is 0 Å². The first kappa shape index (κ1) is 15.6. The molecular weight excluding hydrogens is 316 g/mol. The SMILES string of the molecule is Cc1[nH]c(-c2ccccc2)nc1C(=O)NCc1cc2n(n1)CCNC2. The molecule has 1 aliphatic rings. The lowest BCUT2D eigenvalue weighted by Gasteiger charge is -2.13. The van der Waals surface area contributed by atoms with E-state index in [1.54, 1.807) is 0 Å². The Morgan fingerprint density at radius 1 is 1.32 bits per heavy atom. The topological polar surface area (TPSA) is 87.6 Å². The molecule has 1 amide bonds. The number of imidazole rings is 1. The molecule has 25 heavy (non-hydrogen) atoms. The van der Waals surface area contributed by atoms with Crippen LogP contribution in [0.5, 0.6) is 0 Å². The molecule has 1 aliphatic heterocycles. The summed E-state index contributed by atoms with van der Waals surface area (Å²) in [5.74, 6) is 0.506. The largest absolute Gasteiger partial charge is 0.345 e. The molecule has 0 fully saturated rings. The highest BCUT2D eigenvalue weighted by molar-refractivity contribution is 5.94. The number of nitrogens with zero attached hydrogens (tertiary/aromatic N) is 3. The third-order valence-electron chi connectivity index (χ3n) is 4.30.